The molecule has 1 aromatic rings. The van der Waals surface area contributed by atoms with E-state index in [0.717, 1.165) is 25.0 Å². The Morgan fingerprint density at radius 3 is 3.17 bits per heavy atom. The van der Waals surface area contributed by atoms with Gasteiger partial charge in [-0.15, -0.1) is 0 Å². The molecule has 0 aliphatic heterocycles. The fourth-order valence-electron chi connectivity index (χ4n) is 1.96. The molecule has 1 heterocycles. The Kier molecular flexibility index (Phi) is 1.85. The van der Waals surface area contributed by atoms with Crippen LogP contribution in [0.4, 0.5) is 0 Å². The van der Waals surface area contributed by atoms with Crippen molar-refractivity contribution in [1.82, 2.24) is 0 Å². The minimum Gasteiger partial charge on any atom is -0.382 e. The lowest BCUT2D eigenvalue weighted by Gasteiger charge is -2.17. The zero-order valence-corrected chi connectivity index (χ0v) is 7.33. The highest BCUT2D eigenvalue weighted by Crippen LogP contribution is 2.25. The molecule has 1 aliphatic rings. The molecule has 1 atom stereocenters. The van der Waals surface area contributed by atoms with Crippen LogP contribution in [0.1, 0.15) is 30.2 Å². The van der Waals surface area contributed by atoms with Crippen molar-refractivity contribution >= 4 is 0 Å². The van der Waals surface area contributed by atoms with Gasteiger partial charge in [-0.3, -0.25) is 0 Å². The Hall–Kier alpha value is -0.890. The molecule has 1 aromatic heterocycles. The van der Waals surface area contributed by atoms with E-state index in [4.69, 9.17) is 0 Å². The third kappa shape index (κ3) is 1.12. The molecule has 0 aromatic carbocycles. The second kappa shape index (κ2) is 2.87. The lowest BCUT2D eigenvalue weighted by molar-refractivity contribution is -0.683. The Morgan fingerprint density at radius 2 is 2.42 bits per heavy atom. The number of aryl methyl sites for hydroxylation is 2. The molecule has 0 bridgehead atoms. The van der Waals surface area contributed by atoms with Gasteiger partial charge in [-0.25, -0.2) is 4.57 Å². The van der Waals surface area contributed by atoms with Crippen molar-refractivity contribution in [2.45, 2.75) is 25.4 Å². The second-order valence-electron chi connectivity index (χ2n) is 3.44. The first-order chi connectivity index (χ1) is 5.79. The maximum atomic E-state index is 9.72. The van der Waals surface area contributed by atoms with Crippen molar-refractivity contribution in [3.63, 3.8) is 0 Å². The fourth-order valence-corrected chi connectivity index (χ4v) is 1.96. The largest absolute Gasteiger partial charge is 0.382 e. The predicted octanol–water partition coefficient (Wildman–Crippen LogP) is 0.881. The van der Waals surface area contributed by atoms with E-state index in [9.17, 15) is 5.11 Å². The third-order valence-electron chi connectivity index (χ3n) is 2.56. The molecule has 0 radical (unpaired) electrons. The van der Waals surface area contributed by atoms with Crippen molar-refractivity contribution in [3.05, 3.63) is 29.6 Å². The van der Waals surface area contributed by atoms with Crippen LogP contribution in [0.5, 0.6) is 0 Å². The predicted molar refractivity (Wildman–Crippen MR) is 45.5 cm³/mol. The number of rotatable bonds is 0. The van der Waals surface area contributed by atoms with Crippen LogP contribution in [-0.2, 0) is 13.5 Å². The summed E-state index contributed by atoms with van der Waals surface area (Å²) in [4.78, 5) is 0. The fraction of sp³-hybridized carbons (Fsp3) is 0.500. The van der Waals surface area contributed by atoms with Gasteiger partial charge < -0.3 is 5.11 Å². The van der Waals surface area contributed by atoms with Crippen molar-refractivity contribution in [2.75, 3.05) is 0 Å². The van der Waals surface area contributed by atoms with Gasteiger partial charge in [-0.05, 0) is 25.3 Å². The quantitative estimate of drug-likeness (QED) is 0.565. The van der Waals surface area contributed by atoms with Gasteiger partial charge >= 0.3 is 0 Å². The number of aliphatic hydroxyl groups excluding tert-OH is 1. The normalized spacial score (nSPS) is 22.0. The van der Waals surface area contributed by atoms with Gasteiger partial charge in [0.1, 0.15) is 13.2 Å². The van der Waals surface area contributed by atoms with Crippen LogP contribution in [0.25, 0.3) is 0 Å². The van der Waals surface area contributed by atoms with Crippen molar-refractivity contribution in [2.24, 2.45) is 7.05 Å². The summed E-state index contributed by atoms with van der Waals surface area (Å²) in [6.45, 7) is 0. The SMILES string of the molecule is C[n+]1cccc2c1C(O)CCC2. The van der Waals surface area contributed by atoms with Crippen LogP contribution in [-0.4, -0.2) is 5.11 Å². The van der Waals surface area contributed by atoms with Crippen LogP contribution >= 0.6 is 0 Å². The first kappa shape index (κ1) is 7.74. The summed E-state index contributed by atoms with van der Waals surface area (Å²) in [6, 6.07) is 4.15. The summed E-state index contributed by atoms with van der Waals surface area (Å²) < 4.78 is 2.03. The standard InChI is InChI=1S/C10H14NO/c1-11-7-3-5-8-4-2-6-9(12)10(8)11/h3,5,7,9,12H,2,4,6H2,1H3/q+1. The molecule has 0 saturated heterocycles. The van der Waals surface area contributed by atoms with E-state index in [1.54, 1.807) is 0 Å². The van der Waals surface area contributed by atoms with Gasteiger partial charge in [0.15, 0.2) is 6.20 Å². The van der Waals surface area contributed by atoms with Gasteiger partial charge in [0, 0.05) is 11.6 Å². The number of fused-ring (bicyclic) bond motifs is 1. The minimum atomic E-state index is -0.250. The molecule has 0 amide bonds. The first-order valence-electron chi connectivity index (χ1n) is 4.44. The summed E-state index contributed by atoms with van der Waals surface area (Å²) in [7, 11) is 1.99. The summed E-state index contributed by atoms with van der Waals surface area (Å²) in [5, 5.41) is 9.72. The summed E-state index contributed by atoms with van der Waals surface area (Å²) in [5.41, 5.74) is 2.41. The van der Waals surface area contributed by atoms with E-state index in [2.05, 4.69) is 6.07 Å². The second-order valence-corrected chi connectivity index (χ2v) is 3.44. The van der Waals surface area contributed by atoms with Crippen LogP contribution < -0.4 is 4.57 Å². The summed E-state index contributed by atoms with van der Waals surface area (Å²) in [5.74, 6) is 0. The van der Waals surface area contributed by atoms with Gasteiger partial charge in [0.05, 0.1) is 0 Å². The van der Waals surface area contributed by atoms with Gasteiger partial charge in [0.25, 0.3) is 0 Å². The Balaban J connectivity index is 2.53. The van der Waals surface area contributed by atoms with Crippen LogP contribution in [0.2, 0.25) is 0 Å². The zero-order chi connectivity index (χ0) is 8.55. The molecule has 0 saturated carbocycles. The van der Waals surface area contributed by atoms with Gasteiger partial charge in [0.2, 0.25) is 5.69 Å². The number of hydrogen-bond donors (Lipinski definition) is 1. The average Bonchev–Trinajstić information content (AvgIpc) is 2.04. The maximum absolute atomic E-state index is 9.72. The lowest BCUT2D eigenvalue weighted by atomic mass is 9.93. The van der Waals surface area contributed by atoms with E-state index in [0.29, 0.717) is 0 Å². The molecule has 2 nitrogen and oxygen atoms in total. The number of pyridine rings is 1. The molecule has 1 unspecified atom stereocenters. The average molecular weight is 164 g/mol. The Bertz CT molecular complexity index is 296. The van der Waals surface area contributed by atoms with Crippen LogP contribution in [0, 0.1) is 0 Å². The van der Waals surface area contributed by atoms with E-state index in [1.807, 2.05) is 23.9 Å². The third-order valence-corrected chi connectivity index (χ3v) is 2.56. The molecule has 2 rings (SSSR count). The van der Waals surface area contributed by atoms with Crippen molar-refractivity contribution in [3.8, 4) is 0 Å². The van der Waals surface area contributed by atoms with E-state index in [-0.39, 0.29) is 6.10 Å². The lowest BCUT2D eigenvalue weighted by Crippen LogP contribution is -2.37. The monoisotopic (exact) mass is 164 g/mol. The molecule has 0 fully saturated rings. The van der Waals surface area contributed by atoms with E-state index >= 15 is 0 Å². The number of aromatic nitrogens is 1. The number of aliphatic hydroxyl groups is 1. The minimum absolute atomic E-state index is 0.250. The number of nitrogens with zero attached hydrogens (tertiary/aromatic N) is 1. The molecule has 12 heavy (non-hydrogen) atoms. The molecular formula is C10H14NO+. The molecule has 1 aliphatic carbocycles. The highest BCUT2D eigenvalue weighted by Gasteiger charge is 2.25. The van der Waals surface area contributed by atoms with Gasteiger partial charge in [-0.2, -0.15) is 0 Å². The zero-order valence-electron chi connectivity index (χ0n) is 7.33. The Morgan fingerprint density at radius 1 is 1.58 bits per heavy atom. The Labute approximate surface area is 72.5 Å². The summed E-state index contributed by atoms with van der Waals surface area (Å²) >= 11 is 0. The maximum Gasteiger partial charge on any atom is 0.213 e. The van der Waals surface area contributed by atoms with Gasteiger partial charge in [-0.1, -0.05) is 0 Å². The van der Waals surface area contributed by atoms with Crippen LogP contribution in [0.15, 0.2) is 18.3 Å². The van der Waals surface area contributed by atoms with E-state index in [1.165, 1.54) is 5.56 Å². The molecular weight excluding hydrogens is 150 g/mol. The summed E-state index contributed by atoms with van der Waals surface area (Å²) in [6.07, 6.45) is 4.87. The highest BCUT2D eigenvalue weighted by atomic mass is 16.3. The van der Waals surface area contributed by atoms with Crippen molar-refractivity contribution < 1.29 is 9.67 Å². The molecule has 0 spiro atoms. The molecule has 1 N–H and O–H groups in total. The molecule has 2 heteroatoms. The van der Waals surface area contributed by atoms with Crippen molar-refractivity contribution in [1.29, 1.82) is 0 Å². The number of hydrogen-bond acceptors (Lipinski definition) is 1. The van der Waals surface area contributed by atoms with E-state index < -0.39 is 0 Å². The first-order valence-corrected chi connectivity index (χ1v) is 4.44. The highest BCUT2D eigenvalue weighted by molar-refractivity contribution is 5.20. The van der Waals surface area contributed by atoms with Crippen LogP contribution in [0.3, 0.4) is 0 Å². The topological polar surface area (TPSA) is 24.1 Å². The smallest absolute Gasteiger partial charge is 0.213 e. The molecule has 64 valence electrons.